The first-order valence-electron chi connectivity index (χ1n) is 9.82. The maximum Gasteiger partial charge on any atom is 0.337 e. The van der Waals surface area contributed by atoms with Crippen LogP contribution in [0.1, 0.15) is 50.7 Å². The second-order valence-corrected chi connectivity index (χ2v) is 7.35. The van der Waals surface area contributed by atoms with Gasteiger partial charge < -0.3 is 14.8 Å². The quantitative estimate of drug-likeness (QED) is 0.736. The Labute approximate surface area is 176 Å². The number of aryl methyl sites for hydroxylation is 1. The van der Waals surface area contributed by atoms with Crippen LogP contribution in [0.4, 0.5) is 5.69 Å². The molecule has 3 rings (SSSR count). The molecule has 0 saturated carbocycles. The lowest BCUT2D eigenvalue weighted by Crippen LogP contribution is -2.35. The molecule has 0 unspecified atom stereocenters. The van der Waals surface area contributed by atoms with Crippen molar-refractivity contribution < 1.29 is 23.9 Å². The Morgan fingerprint density at radius 1 is 1.03 bits per heavy atom. The van der Waals surface area contributed by atoms with E-state index in [0.29, 0.717) is 5.69 Å². The van der Waals surface area contributed by atoms with Crippen molar-refractivity contribution in [3.63, 3.8) is 0 Å². The molecule has 1 aliphatic carbocycles. The molecule has 30 heavy (non-hydrogen) atoms. The van der Waals surface area contributed by atoms with E-state index in [1.54, 1.807) is 0 Å². The molecule has 0 fully saturated rings. The van der Waals surface area contributed by atoms with Crippen molar-refractivity contribution in [3.05, 3.63) is 64.7 Å². The average molecular weight is 410 g/mol. The highest BCUT2D eigenvalue weighted by molar-refractivity contribution is 5.99. The summed E-state index contributed by atoms with van der Waals surface area (Å²) in [5.41, 5.74) is 3.24. The van der Waals surface area contributed by atoms with Crippen LogP contribution in [-0.2, 0) is 20.7 Å². The predicted octanol–water partition coefficient (Wildman–Crippen LogP) is 3.21. The third kappa shape index (κ3) is 4.86. The largest absolute Gasteiger partial charge is 0.465 e. The van der Waals surface area contributed by atoms with E-state index in [0.717, 1.165) is 19.3 Å². The van der Waals surface area contributed by atoms with Crippen LogP contribution in [0, 0.1) is 0 Å². The van der Waals surface area contributed by atoms with Crippen LogP contribution in [0.25, 0.3) is 0 Å². The average Bonchev–Trinajstić information content (AvgIpc) is 2.77. The smallest absolute Gasteiger partial charge is 0.337 e. The normalized spacial score (nSPS) is 15.3. The fourth-order valence-electron chi connectivity index (χ4n) is 3.89. The Bertz CT molecular complexity index is 922. The van der Waals surface area contributed by atoms with E-state index in [1.165, 1.54) is 43.5 Å². The lowest BCUT2D eigenvalue weighted by atomic mass is 9.87. The third-order valence-electron chi connectivity index (χ3n) is 5.32. The van der Waals surface area contributed by atoms with Gasteiger partial charge in [-0.3, -0.25) is 9.69 Å². The van der Waals surface area contributed by atoms with Gasteiger partial charge in [-0.2, -0.15) is 0 Å². The van der Waals surface area contributed by atoms with Gasteiger partial charge in [0.1, 0.15) is 0 Å². The first-order valence-corrected chi connectivity index (χ1v) is 9.82. The van der Waals surface area contributed by atoms with Gasteiger partial charge in [-0.25, -0.2) is 9.59 Å². The first kappa shape index (κ1) is 21.5. The number of fused-ring (bicyclic) bond motifs is 1. The van der Waals surface area contributed by atoms with Crippen molar-refractivity contribution in [2.24, 2.45) is 0 Å². The minimum absolute atomic E-state index is 0.158. The van der Waals surface area contributed by atoms with Crippen LogP contribution >= 0.6 is 0 Å². The van der Waals surface area contributed by atoms with Crippen LogP contribution in [0.2, 0.25) is 0 Å². The summed E-state index contributed by atoms with van der Waals surface area (Å²) in [6.45, 7) is 0.176. The minimum atomic E-state index is -0.604. The summed E-state index contributed by atoms with van der Waals surface area (Å²) >= 11 is 0. The van der Waals surface area contributed by atoms with E-state index in [-0.39, 0.29) is 29.6 Å². The molecule has 0 aromatic heterocycles. The van der Waals surface area contributed by atoms with Crippen molar-refractivity contribution in [2.45, 2.75) is 25.3 Å². The molecular formula is C23H26N2O5. The summed E-state index contributed by atoms with van der Waals surface area (Å²) in [6, 6.07) is 12.8. The zero-order valence-electron chi connectivity index (χ0n) is 17.4. The summed E-state index contributed by atoms with van der Waals surface area (Å²) < 4.78 is 9.46. The highest BCUT2D eigenvalue weighted by atomic mass is 16.5. The molecule has 0 radical (unpaired) electrons. The van der Waals surface area contributed by atoms with E-state index in [1.807, 2.05) is 24.1 Å². The Morgan fingerprint density at radius 3 is 2.30 bits per heavy atom. The number of hydrogen-bond acceptors (Lipinski definition) is 6. The lowest BCUT2D eigenvalue weighted by Gasteiger charge is -2.32. The highest BCUT2D eigenvalue weighted by Crippen LogP contribution is 2.33. The second kappa shape index (κ2) is 9.54. The summed E-state index contributed by atoms with van der Waals surface area (Å²) in [5.74, 6) is -1.45. The lowest BCUT2D eigenvalue weighted by molar-refractivity contribution is -0.117. The number of nitrogens with one attached hydrogen (secondary N) is 1. The Morgan fingerprint density at radius 2 is 1.67 bits per heavy atom. The van der Waals surface area contributed by atoms with Crippen molar-refractivity contribution in [1.82, 2.24) is 4.90 Å². The fraction of sp³-hybridized carbons (Fsp3) is 0.348. The number of amides is 1. The number of carbonyl (C=O) groups excluding carboxylic acids is 3. The number of nitrogens with zero attached hydrogens (tertiary/aromatic N) is 1. The van der Waals surface area contributed by atoms with Crippen molar-refractivity contribution in [2.75, 3.05) is 33.1 Å². The highest BCUT2D eigenvalue weighted by Gasteiger charge is 2.25. The topological polar surface area (TPSA) is 84.9 Å². The molecule has 1 N–H and O–H groups in total. The molecule has 1 atom stereocenters. The van der Waals surface area contributed by atoms with Gasteiger partial charge >= 0.3 is 11.9 Å². The number of ether oxygens (including phenoxy) is 2. The summed E-state index contributed by atoms with van der Waals surface area (Å²) in [4.78, 5) is 38.6. The Balaban J connectivity index is 1.74. The number of carbonyl (C=O) groups is 3. The number of methoxy groups -OCH3 is 2. The third-order valence-corrected chi connectivity index (χ3v) is 5.32. The van der Waals surface area contributed by atoms with E-state index >= 15 is 0 Å². The van der Waals surface area contributed by atoms with Crippen LogP contribution in [0.5, 0.6) is 0 Å². The maximum absolute atomic E-state index is 12.7. The van der Waals surface area contributed by atoms with E-state index in [9.17, 15) is 14.4 Å². The zero-order valence-corrected chi connectivity index (χ0v) is 17.4. The van der Waals surface area contributed by atoms with Gasteiger partial charge in [-0.05, 0) is 55.6 Å². The molecule has 1 aliphatic rings. The van der Waals surface area contributed by atoms with Gasteiger partial charge in [-0.15, -0.1) is 0 Å². The molecule has 7 nitrogen and oxygen atoms in total. The number of likely N-dealkylation sites (N-methyl/N-ethyl adjacent to an activating group) is 1. The van der Waals surface area contributed by atoms with Gasteiger partial charge in [0.2, 0.25) is 5.91 Å². The van der Waals surface area contributed by atoms with Crippen LogP contribution < -0.4 is 5.32 Å². The molecule has 7 heteroatoms. The Kier molecular flexibility index (Phi) is 6.84. The van der Waals surface area contributed by atoms with E-state index < -0.39 is 11.9 Å². The Hall–Kier alpha value is -3.19. The molecule has 0 spiro atoms. The predicted molar refractivity (Wildman–Crippen MR) is 113 cm³/mol. The molecule has 0 saturated heterocycles. The molecule has 2 aromatic rings. The second-order valence-electron chi connectivity index (χ2n) is 7.35. The van der Waals surface area contributed by atoms with E-state index in [4.69, 9.17) is 9.47 Å². The summed E-state index contributed by atoms with van der Waals surface area (Å²) in [5, 5.41) is 2.78. The maximum atomic E-state index is 12.7. The van der Waals surface area contributed by atoms with Crippen molar-refractivity contribution in [3.8, 4) is 0 Å². The van der Waals surface area contributed by atoms with Gasteiger partial charge in [0.25, 0.3) is 0 Å². The van der Waals surface area contributed by atoms with Gasteiger partial charge in [-0.1, -0.05) is 24.3 Å². The SMILES string of the molecule is COC(=O)c1cc(NC(=O)CN(C)[C@@H]2CCCc3ccccc32)cc(C(=O)OC)c1. The standard InChI is InChI=1S/C23H26N2O5/c1-25(20-10-6-8-15-7-4-5-9-19(15)20)14-21(26)24-18-12-16(22(27)29-2)11-17(13-18)23(28)30-3/h4-5,7,9,11-13,20H,6,8,10,14H2,1-3H3,(H,24,26)/t20-/m1/s1. The van der Waals surface area contributed by atoms with Gasteiger partial charge in [0, 0.05) is 11.7 Å². The van der Waals surface area contributed by atoms with Crippen LogP contribution in [-0.4, -0.2) is 50.6 Å². The van der Waals surface area contributed by atoms with E-state index in [2.05, 4.69) is 17.4 Å². The molecule has 158 valence electrons. The van der Waals surface area contributed by atoms with Crippen LogP contribution in [0.15, 0.2) is 42.5 Å². The summed E-state index contributed by atoms with van der Waals surface area (Å²) in [6.07, 6.45) is 3.13. The monoisotopic (exact) mass is 410 g/mol. The number of hydrogen-bond donors (Lipinski definition) is 1. The van der Waals surface area contributed by atoms with Gasteiger partial charge in [0.15, 0.2) is 0 Å². The molecule has 0 heterocycles. The number of anilines is 1. The zero-order chi connectivity index (χ0) is 21.7. The first-order chi connectivity index (χ1) is 14.4. The molecular weight excluding hydrogens is 384 g/mol. The minimum Gasteiger partial charge on any atom is -0.465 e. The van der Waals surface area contributed by atoms with Crippen molar-refractivity contribution in [1.29, 1.82) is 0 Å². The molecule has 0 bridgehead atoms. The van der Waals surface area contributed by atoms with Gasteiger partial charge in [0.05, 0.1) is 31.9 Å². The van der Waals surface area contributed by atoms with Crippen LogP contribution in [0.3, 0.4) is 0 Å². The fourth-order valence-corrected chi connectivity index (χ4v) is 3.89. The number of rotatable bonds is 6. The molecule has 2 aromatic carbocycles. The van der Waals surface area contributed by atoms with Crippen molar-refractivity contribution >= 4 is 23.5 Å². The summed E-state index contributed by atoms with van der Waals surface area (Å²) in [7, 11) is 4.43. The molecule has 0 aliphatic heterocycles. The number of benzene rings is 2. The molecule has 1 amide bonds. The number of esters is 2.